The maximum atomic E-state index is 13.5. The number of hydrogen-bond donors (Lipinski definition) is 2. The molecule has 2 N–H and O–H groups in total. The summed E-state index contributed by atoms with van der Waals surface area (Å²) in [5, 5.41) is 3.03. The molecular weight excluding hydrogens is 307 g/mol. The highest BCUT2D eigenvalue weighted by Crippen LogP contribution is 2.29. The summed E-state index contributed by atoms with van der Waals surface area (Å²) in [5.74, 6) is -0.0309. The number of benzene rings is 1. The van der Waals surface area contributed by atoms with Crippen LogP contribution >= 0.6 is 0 Å². The highest BCUT2D eigenvalue weighted by atomic mass is 32.2. The zero-order valence-corrected chi connectivity index (χ0v) is 13.7. The number of anilines is 1. The smallest absolute Gasteiger partial charge is 0.242 e. The molecular formula is C15H23FN2O3S. The van der Waals surface area contributed by atoms with Gasteiger partial charge in [-0.1, -0.05) is 6.92 Å². The van der Waals surface area contributed by atoms with Crippen molar-refractivity contribution in [3.63, 3.8) is 0 Å². The molecule has 2 rings (SSSR count). The Labute approximate surface area is 131 Å². The van der Waals surface area contributed by atoms with Crippen molar-refractivity contribution < 1.29 is 17.5 Å². The molecule has 0 unspecified atom stereocenters. The Bertz CT molecular complexity index is 601. The summed E-state index contributed by atoms with van der Waals surface area (Å²) in [6.45, 7) is 3.21. The fraction of sp³-hybridized carbons (Fsp3) is 0.600. The van der Waals surface area contributed by atoms with Gasteiger partial charge in [0.1, 0.15) is 10.7 Å². The van der Waals surface area contributed by atoms with Crippen LogP contribution in [0.15, 0.2) is 23.1 Å². The number of sulfonamides is 1. The van der Waals surface area contributed by atoms with Crippen molar-refractivity contribution in [2.45, 2.75) is 37.1 Å². The Hall–Kier alpha value is -1.18. The lowest BCUT2D eigenvalue weighted by Gasteiger charge is -2.33. The van der Waals surface area contributed by atoms with Gasteiger partial charge in [0.15, 0.2) is 0 Å². The Balaban J connectivity index is 2.11. The van der Waals surface area contributed by atoms with Crippen LogP contribution in [0.5, 0.6) is 0 Å². The van der Waals surface area contributed by atoms with E-state index in [-0.39, 0.29) is 10.9 Å². The topological polar surface area (TPSA) is 67.4 Å². The Morgan fingerprint density at radius 2 is 2.09 bits per heavy atom. The maximum absolute atomic E-state index is 13.5. The fourth-order valence-electron chi connectivity index (χ4n) is 2.59. The van der Waals surface area contributed by atoms with E-state index in [1.807, 2.05) is 0 Å². The first-order chi connectivity index (χ1) is 10.4. The van der Waals surface area contributed by atoms with Gasteiger partial charge in [0.2, 0.25) is 10.0 Å². The third-order valence-corrected chi connectivity index (χ3v) is 5.33. The molecule has 22 heavy (non-hydrogen) atoms. The largest absolute Gasteiger partial charge is 0.385 e. The zero-order valence-electron chi connectivity index (χ0n) is 12.9. The SMILES string of the molecule is COCCCNc1ccc(F)cc1S(=O)(=O)NC1CC(C)C1. The highest BCUT2D eigenvalue weighted by Gasteiger charge is 2.31. The average molecular weight is 330 g/mol. The van der Waals surface area contributed by atoms with Crippen LogP contribution in [0.4, 0.5) is 10.1 Å². The van der Waals surface area contributed by atoms with Crippen LogP contribution in [0.2, 0.25) is 0 Å². The Morgan fingerprint density at radius 3 is 2.73 bits per heavy atom. The molecule has 7 heteroatoms. The second-order valence-electron chi connectivity index (χ2n) is 5.81. The van der Waals surface area contributed by atoms with Crippen molar-refractivity contribution in [2.24, 2.45) is 5.92 Å². The van der Waals surface area contributed by atoms with Crippen molar-refractivity contribution in [3.8, 4) is 0 Å². The van der Waals surface area contributed by atoms with E-state index in [0.29, 0.717) is 24.8 Å². The summed E-state index contributed by atoms with van der Waals surface area (Å²) in [7, 11) is -2.11. The number of halogens is 1. The van der Waals surface area contributed by atoms with Crippen LogP contribution in [0.3, 0.4) is 0 Å². The molecule has 0 aliphatic heterocycles. The van der Waals surface area contributed by atoms with Gasteiger partial charge in [0.05, 0.1) is 5.69 Å². The first-order valence-corrected chi connectivity index (χ1v) is 8.95. The predicted octanol–water partition coefficient (Wildman–Crippen LogP) is 2.35. The molecule has 1 aliphatic carbocycles. The van der Waals surface area contributed by atoms with E-state index in [9.17, 15) is 12.8 Å². The van der Waals surface area contributed by atoms with Crippen molar-refractivity contribution in [2.75, 3.05) is 25.6 Å². The lowest BCUT2D eigenvalue weighted by Crippen LogP contribution is -2.43. The molecule has 0 amide bonds. The van der Waals surface area contributed by atoms with Crippen LogP contribution in [0.25, 0.3) is 0 Å². The predicted molar refractivity (Wildman–Crippen MR) is 83.9 cm³/mol. The van der Waals surface area contributed by atoms with Gasteiger partial charge in [-0.05, 0) is 43.4 Å². The molecule has 0 atom stereocenters. The first-order valence-electron chi connectivity index (χ1n) is 7.47. The summed E-state index contributed by atoms with van der Waals surface area (Å²) in [6.07, 6.45) is 2.39. The van der Waals surface area contributed by atoms with E-state index in [0.717, 1.165) is 25.3 Å². The van der Waals surface area contributed by atoms with E-state index in [1.54, 1.807) is 7.11 Å². The van der Waals surface area contributed by atoms with E-state index in [2.05, 4.69) is 17.0 Å². The third kappa shape index (κ3) is 4.41. The number of hydrogen-bond acceptors (Lipinski definition) is 4. The number of ether oxygens (including phenoxy) is 1. The molecule has 0 heterocycles. The van der Waals surface area contributed by atoms with E-state index in [4.69, 9.17) is 4.74 Å². The zero-order chi connectivity index (χ0) is 16.2. The second kappa shape index (κ2) is 7.39. The summed E-state index contributed by atoms with van der Waals surface area (Å²) in [4.78, 5) is -0.0375. The molecule has 1 fully saturated rings. The van der Waals surface area contributed by atoms with Gasteiger partial charge in [0, 0.05) is 26.3 Å². The lowest BCUT2D eigenvalue weighted by molar-refractivity contribution is 0.198. The minimum Gasteiger partial charge on any atom is -0.385 e. The summed E-state index contributed by atoms with van der Waals surface area (Å²) < 4.78 is 46.0. The molecule has 1 aromatic carbocycles. The number of methoxy groups -OCH3 is 1. The molecule has 0 spiro atoms. The molecule has 1 aromatic rings. The molecule has 0 radical (unpaired) electrons. The Kier molecular flexibility index (Phi) is 5.77. The van der Waals surface area contributed by atoms with Crippen molar-refractivity contribution in [1.82, 2.24) is 4.72 Å². The highest BCUT2D eigenvalue weighted by molar-refractivity contribution is 7.89. The van der Waals surface area contributed by atoms with Crippen LogP contribution in [0, 0.1) is 11.7 Å². The lowest BCUT2D eigenvalue weighted by atomic mass is 9.83. The maximum Gasteiger partial charge on any atom is 0.242 e. The minimum atomic E-state index is -3.72. The molecule has 0 aromatic heterocycles. The van der Waals surface area contributed by atoms with Gasteiger partial charge < -0.3 is 10.1 Å². The van der Waals surface area contributed by atoms with E-state index >= 15 is 0 Å². The van der Waals surface area contributed by atoms with Crippen molar-refractivity contribution >= 4 is 15.7 Å². The van der Waals surface area contributed by atoms with Gasteiger partial charge >= 0.3 is 0 Å². The number of rotatable bonds is 8. The molecule has 5 nitrogen and oxygen atoms in total. The molecule has 0 saturated heterocycles. The quantitative estimate of drug-likeness (QED) is 0.718. The normalized spacial score (nSPS) is 21.4. The van der Waals surface area contributed by atoms with Crippen molar-refractivity contribution in [1.29, 1.82) is 0 Å². The molecule has 0 bridgehead atoms. The first kappa shape index (κ1) is 17.2. The minimum absolute atomic E-state index is 0.0375. The molecule has 124 valence electrons. The average Bonchev–Trinajstić information content (AvgIpc) is 2.43. The summed E-state index contributed by atoms with van der Waals surface area (Å²) in [6, 6.07) is 3.72. The molecule has 1 aliphatic rings. The van der Waals surface area contributed by atoms with Gasteiger partial charge in [-0.2, -0.15) is 0 Å². The van der Waals surface area contributed by atoms with E-state index < -0.39 is 15.8 Å². The van der Waals surface area contributed by atoms with Crippen molar-refractivity contribution in [3.05, 3.63) is 24.0 Å². The Morgan fingerprint density at radius 1 is 1.36 bits per heavy atom. The van der Waals surface area contributed by atoms with Crippen LogP contribution in [0.1, 0.15) is 26.2 Å². The van der Waals surface area contributed by atoms with Gasteiger partial charge in [-0.15, -0.1) is 0 Å². The second-order valence-corrected chi connectivity index (χ2v) is 7.49. The summed E-state index contributed by atoms with van der Waals surface area (Å²) in [5.41, 5.74) is 0.414. The van der Waals surface area contributed by atoms with Gasteiger partial charge in [-0.25, -0.2) is 17.5 Å². The number of nitrogens with one attached hydrogen (secondary N) is 2. The van der Waals surface area contributed by atoms with E-state index in [1.165, 1.54) is 12.1 Å². The molecule has 1 saturated carbocycles. The standard InChI is InChI=1S/C15H23FN2O3S/c1-11-8-13(9-11)18-22(19,20)15-10-12(16)4-5-14(15)17-6-3-7-21-2/h4-5,10-11,13,17-18H,3,6-9H2,1-2H3. The monoisotopic (exact) mass is 330 g/mol. The summed E-state index contributed by atoms with van der Waals surface area (Å²) >= 11 is 0. The van der Waals surface area contributed by atoms with Gasteiger partial charge in [-0.3, -0.25) is 0 Å². The van der Waals surface area contributed by atoms with Crippen LogP contribution < -0.4 is 10.0 Å². The van der Waals surface area contributed by atoms with Crippen LogP contribution in [-0.4, -0.2) is 34.7 Å². The fourth-order valence-corrected chi connectivity index (χ4v) is 4.04. The third-order valence-electron chi connectivity index (χ3n) is 3.77. The van der Waals surface area contributed by atoms with Gasteiger partial charge in [0.25, 0.3) is 0 Å². The van der Waals surface area contributed by atoms with Crippen LogP contribution in [-0.2, 0) is 14.8 Å².